The lowest BCUT2D eigenvalue weighted by Gasteiger charge is -2.03. The third-order valence-corrected chi connectivity index (χ3v) is 2.55. The number of H-pyrrole nitrogens is 2. The van der Waals surface area contributed by atoms with Gasteiger partial charge in [0.1, 0.15) is 0 Å². The molecule has 0 aromatic carbocycles. The zero-order valence-corrected chi connectivity index (χ0v) is 14.1. The van der Waals surface area contributed by atoms with Crippen molar-refractivity contribution in [2.24, 2.45) is 11.5 Å². The fourth-order valence-electron chi connectivity index (χ4n) is 1.46. The number of nitrogens with one attached hydrogen (secondary N) is 2. The quantitative estimate of drug-likeness (QED) is 0.558. The molecule has 0 bridgehead atoms. The van der Waals surface area contributed by atoms with Crippen LogP contribution in [-0.4, -0.2) is 23.4 Å². The lowest BCUT2D eigenvalue weighted by molar-refractivity contribution is -0.143. The van der Waals surface area contributed by atoms with E-state index in [0.717, 1.165) is 6.07 Å². The van der Waals surface area contributed by atoms with Gasteiger partial charge in [-0.3, -0.25) is 9.59 Å². The fraction of sp³-hybridized carbons (Fsp3) is 0.462. The van der Waals surface area contributed by atoms with E-state index in [1.807, 2.05) is 19.0 Å². The van der Waals surface area contributed by atoms with Crippen molar-refractivity contribution in [2.45, 2.75) is 32.6 Å². The summed E-state index contributed by atoms with van der Waals surface area (Å²) in [6.45, 7) is 3.54. The average Bonchev–Trinajstić information content (AvgIpc) is 3.21. The summed E-state index contributed by atoms with van der Waals surface area (Å²) in [6.07, 6.45) is -4.71. The van der Waals surface area contributed by atoms with Gasteiger partial charge in [0, 0.05) is 6.07 Å². The molecule has 1 unspecified atom stereocenters. The Bertz CT molecular complexity index is 789. The van der Waals surface area contributed by atoms with E-state index in [4.69, 9.17) is 11.5 Å². The van der Waals surface area contributed by atoms with Gasteiger partial charge >= 0.3 is 12.1 Å². The van der Waals surface area contributed by atoms with Gasteiger partial charge in [-0.25, -0.2) is 4.79 Å². The number of carbonyl (C=O) groups excluding carboxylic acids is 1. The molecule has 0 aliphatic carbocycles. The molecule has 1 atom stereocenters. The summed E-state index contributed by atoms with van der Waals surface area (Å²) in [5.74, 6) is -1.17. The van der Waals surface area contributed by atoms with Gasteiger partial charge in [-0.15, -0.1) is 0 Å². The molecule has 0 amide bonds. The molecule has 13 heteroatoms. The van der Waals surface area contributed by atoms with Crippen molar-refractivity contribution < 1.29 is 31.7 Å². The van der Waals surface area contributed by atoms with Crippen LogP contribution in [0.5, 0.6) is 0 Å². The molecule has 0 spiro atoms. The number of ether oxygens (including phenoxy) is 1. The maximum absolute atomic E-state index is 12.0. The Balaban J connectivity index is 0.000000439. The predicted octanol–water partition coefficient (Wildman–Crippen LogP) is 0.612. The maximum Gasteiger partial charge on any atom is 0.425 e. The van der Waals surface area contributed by atoms with E-state index in [0.29, 0.717) is 0 Å². The Morgan fingerprint density at radius 3 is 2.19 bits per heavy atom. The van der Waals surface area contributed by atoms with Gasteiger partial charge in [-0.2, -0.15) is 23.5 Å². The van der Waals surface area contributed by atoms with E-state index in [1.54, 1.807) is 5.16 Å². The molecule has 0 aliphatic heterocycles. The second-order valence-corrected chi connectivity index (χ2v) is 4.15. The van der Waals surface area contributed by atoms with Crippen LogP contribution in [0.3, 0.4) is 0 Å². The molecular formula is C13H19F3N4O6. The minimum Gasteiger partial charge on any atom is -0.468 e. The second kappa shape index (κ2) is 10.2. The van der Waals surface area contributed by atoms with E-state index in [2.05, 4.69) is 13.8 Å². The number of halogens is 3. The van der Waals surface area contributed by atoms with Crippen LogP contribution in [-0.2, 0) is 22.3 Å². The zero-order chi connectivity index (χ0) is 20.5. The summed E-state index contributed by atoms with van der Waals surface area (Å²) in [5.41, 5.74) is 7.14. The lowest BCUT2D eigenvalue weighted by Crippen LogP contribution is -2.22. The molecule has 2 aromatic rings. The highest BCUT2D eigenvalue weighted by Crippen LogP contribution is 2.28. The molecule has 2 heterocycles. The van der Waals surface area contributed by atoms with Crippen molar-refractivity contribution in [1.82, 2.24) is 10.3 Å². The minimum absolute atomic E-state index is 0.0619. The third kappa shape index (κ3) is 6.25. The van der Waals surface area contributed by atoms with Crippen LogP contribution < -0.4 is 22.6 Å². The van der Waals surface area contributed by atoms with Crippen LogP contribution in [0.15, 0.2) is 24.7 Å². The Kier molecular flexibility index (Phi) is 9.15. The number of hydrogen-bond acceptors (Lipinski definition) is 8. The number of methoxy groups -OCH3 is 1. The van der Waals surface area contributed by atoms with Crippen molar-refractivity contribution in [3.63, 3.8) is 0 Å². The van der Waals surface area contributed by atoms with E-state index < -0.39 is 47.2 Å². The molecular weight excluding hydrogens is 365 g/mol. The van der Waals surface area contributed by atoms with Crippen LogP contribution in [0.25, 0.3) is 0 Å². The zero-order valence-electron chi connectivity index (χ0n) is 14.1. The first kappa shape index (κ1) is 23.2. The molecule has 0 saturated heterocycles. The monoisotopic (exact) mass is 384 g/mol. The van der Waals surface area contributed by atoms with Gasteiger partial charge in [-0.1, -0.05) is 13.8 Å². The molecule has 2 rings (SSSR count). The summed E-state index contributed by atoms with van der Waals surface area (Å²) in [7, 11) is 1.20. The Hall–Kier alpha value is -2.80. The van der Waals surface area contributed by atoms with E-state index >= 15 is 0 Å². The van der Waals surface area contributed by atoms with E-state index in [9.17, 15) is 27.6 Å². The number of nitrogens with two attached hydrogens (primary N) is 2. The van der Waals surface area contributed by atoms with E-state index in [1.165, 1.54) is 7.11 Å². The first-order valence-electron chi connectivity index (χ1n) is 7.11. The first-order chi connectivity index (χ1) is 12.1. The lowest BCUT2D eigenvalue weighted by atomic mass is 10.2. The van der Waals surface area contributed by atoms with Crippen LogP contribution in [0.2, 0.25) is 0 Å². The Labute approximate surface area is 144 Å². The highest BCUT2D eigenvalue weighted by molar-refractivity contribution is 5.76. The Morgan fingerprint density at radius 2 is 1.85 bits per heavy atom. The van der Waals surface area contributed by atoms with Crippen LogP contribution in [0.4, 0.5) is 13.2 Å². The van der Waals surface area contributed by atoms with Gasteiger partial charge < -0.3 is 25.3 Å². The normalized spacial score (nSPS) is 11.5. The highest BCUT2D eigenvalue weighted by atomic mass is 19.4. The summed E-state index contributed by atoms with van der Waals surface area (Å²) < 4.78 is 49.1. The van der Waals surface area contributed by atoms with Crippen molar-refractivity contribution in [1.29, 1.82) is 0 Å². The van der Waals surface area contributed by atoms with Crippen molar-refractivity contribution in [3.05, 3.63) is 43.9 Å². The van der Waals surface area contributed by atoms with Crippen LogP contribution in [0.1, 0.15) is 37.0 Å². The summed E-state index contributed by atoms with van der Waals surface area (Å²) >= 11 is 0. The third-order valence-electron chi connectivity index (χ3n) is 2.55. The predicted molar refractivity (Wildman–Crippen MR) is 81.8 cm³/mol. The molecule has 0 fully saturated rings. The average molecular weight is 384 g/mol. The molecule has 26 heavy (non-hydrogen) atoms. The van der Waals surface area contributed by atoms with Crippen LogP contribution in [0, 0.1) is 0 Å². The number of alkyl halides is 3. The number of carbonyl (C=O) groups is 1. The van der Waals surface area contributed by atoms with E-state index in [-0.39, 0.29) is 5.76 Å². The molecule has 10 nitrogen and oxygen atoms in total. The van der Waals surface area contributed by atoms with Gasteiger partial charge in [-0.05, 0) is 0 Å². The van der Waals surface area contributed by atoms with Crippen molar-refractivity contribution in [2.75, 3.05) is 7.11 Å². The standard InChI is InChI=1S/C6H8N2O4.C5H5F3N2O2.C2H6/c1-11-6(10)5(7)3-2-4(9)8-12-3;6-5(7,8)3-2(1-9)12-10-4(3)11;1-2/h2,5H,7H2,1H3,(H,8,9);1,9H2,(H,10,11);1-2H3. The minimum atomic E-state index is -4.71. The van der Waals surface area contributed by atoms with Gasteiger partial charge in [0.05, 0.1) is 13.7 Å². The number of aromatic nitrogens is 2. The number of rotatable bonds is 3. The maximum atomic E-state index is 12.0. The number of aromatic amines is 2. The van der Waals surface area contributed by atoms with Crippen molar-refractivity contribution >= 4 is 5.97 Å². The molecule has 2 aromatic heterocycles. The molecule has 6 N–H and O–H groups in total. The second-order valence-electron chi connectivity index (χ2n) is 4.15. The summed E-state index contributed by atoms with van der Waals surface area (Å²) in [6, 6.07) is 0.0515. The smallest absolute Gasteiger partial charge is 0.425 e. The molecule has 0 saturated carbocycles. The number of hydrogen-bond donors (Lipinski definition) is 4. The fourth-order valence-corrected chi connectivity index (χ4v) is 1.46. The topological polar surface area (TPSA) is 170 Å². The van der Waals surface area contributed by atoms with Gasteiger partial charge in [0.25, 0.3) is 11.1 Å². The Morgan fingerprint density at radius 1 is 1.27 bits per heavy atom. The van der Waals surface area contributed by atoms with Crippen LogP contribution >= 0.6 is 0 Å². The molecule has 148 valence electrons. The SMILES string of the molecule is CC.COC(=O)C(N)c1cc(=O)[nH]o1.NCc1o[nH]c(=O)c1C(F)(F)F. The number of esters is 1. The summed E-state index contributed by atoms with van der Waals surface area (Å²) in [5, 5.41) is 3.57. The highest BCUT2D eigenvalue weighted by Gasteiger charge is 2.39. The van der Waals surface area contributed by atoms with Gasteiger partial charge in [0.15, 0.2) is 23.1 Å². The largest absolute Gasteiger partial charge is 0.468 e. The van der Waals surface area contributed by atoms with Gasteiger partial charge in [0.2, 0.25) is 0 Å². The summed E-state index contributed by atoms with van der Waals surface area (Å²) in [4.78, 5) is 31.9. The molecule has 0 aliphatic rings. The van der Waals surface area contributed by atoms with Crippen molar-refractivity contribution in [3.8, 4) is 0 Å². The first-order valence-corrected chi connectivity index (χ1v) is 7.11. The molecule has 0 radical (unpaired) electrons.